The van der Waals surface area contributed by atoms with Crippen molar-refractivity contribution in [3.8, 4) is 34.1 Å². The number of allylic oxidation sites excluding steroid dienone is 2. The van der Waals surface area contributed by atoms with Gasteiger partial charge in [0, 0.05) is 23.4 Å². The highest BCUT2D eigenvalue weighted by Gasteiger charge is 2.26. The molecule has 268 valence electrons. The molecule has 0 bridgehead atoms. The van der Waals surface area contributed by atoms with Crippen molar-refractivity contribution in [2.45, 2.75) is 104 Å². The maximum atomic E-state index is 12.1. The Bertz CT molecular complexity index is 1910. The first-order valence-corrected chi connectivity index (χ1v) is 18.5. The number of ether oxygens (including phenoxy) is 1. The molecule has 0 aliphatic heterocycles. The van der Waals surface area contributed by atoms with Gasteiger partial charge < -0.3 is 9.84 Å². The van der Waals surface area contributed by atoms with Gasteiger partial charge in [-0.05, 0) is 122 Å². The number of nitrogens with zero attached hydrogens (tertiary/aromatic N) is 4. The quantitative estimate of drug-likeness (QED) is 0.0985. The minimum Gasteiger partial charge on any atom is -0.478 e. The van der Waals surface area contributed by atoms with E-state index in [-0.39, 0.29) is 16.4 Å². The average molecular weight is 687 g/mol. The molecule has 1 N–H and O–H groups in total. The Morgan fingerprint density at radius 1 is 0.843 bits per heavy atom. The van der Waals surface area contributed by atoms with Gasteiger partial charge in [0.15, 0.2) is 0 Å². The Hall–Kier alpha value is -4.91. The molecule has 0 spiro atoms. The SMILES string of the molecule is C/C=C\CC(C)(CC)c1cc(C(=O)O)cc(-c2ccn(-c3ccc(Oc4ccc(-n5ccc(C(C)(C)CCCC(CC)CC)n5)cc4)cc3)n2)c1. The number of carboxylic acid groups (broad SMARTS) is 1. The normalized spacial score (nSPS) is 13.2. The fourth-order valence-corrected chi connectivity index (χ4v) is 6.67. The Morgan fingerprint density at radius 3 is 2.02 bits per heavy atom. The first-order valence-electron chi connectivity index (χ1n) is 18.5. The number of rotatable bonds is 17. The largest absolute Gasteiger partial charge is 0.478 e. The topological polar surface area (TPSA) is 82.2 Å². The molecule has 7 nitrogen and oxygen atoms in total. The highest BCUT2D eigenvalue weighted by Crippen LogP contribution is 2.36. The van der Waals surface area contributed by atoms with Crippen LogP contribution in [-0.4, -0.2) is 30.6 Å². The summed E-state index contributed by atoms with van der Waals surface area (Å²) in [6.07, 6.45) is 16.0. The summed E-state index contributed by atoms with van der Waals surface area (Å²) in [5.41, 5.74) is 5.60. The molecule has 5 aromatic rings. The summed E-state index contributed by atoms with van der Waals surface area (Å²) in [4.78, 5) is 12.1. The van der Waals surface area contributed by atoms with Gasteiger partial charge >= 0.3 is 5.97 Å². The van der Waals surface area contributed by atoms with E-state index in [4.69, 9.17) is 14.9 Å². The number of hydrogen-bond acceptors (Lipinski definition) is 4. The van der Waals surface area contributed by atoms with Crippen molar-refractivity contribution in [2.75, 3.05) is 0 Å². The lowest BCUT2D eigenvalue weighted by atomic mass is 9.76. The first kappa shape index (κ1) is 37.3. The summed E-state index contributed by atoms with van der Waals surface area (Å²) in [7, 11) is 0. The van der Waals surface area contributed by atoms with Crippen LogP contribution in [0.2, 0.25) is 0 Å². The predicted octanol–water partition coefficient (Wildman–Crippen LogP) is 11.7. The molecule has 51 heavy (non-hydrogen) atoms. The van der Waals surface area contributed by atoms with Crippen LogP contribution in [0.4, 0.5) is 0 Å². The van der Waals surface area contributed by atoms with E-state index in [9.17, 15) is 9.90 Å². The number of aromatic nitrogens is 4. The van der Waals surface area contributed by atoms with Crippen LogP contribution in [-0.2, 0) is 10.8 Å². The fraction of sp³-hybridized carbons (Fsp3) is 0.386. The second kappa shape index (κ2) is 16.4. The van der Waals surface area contributed by atoms with E-state index >= 15 is 0 Å². The summed E-state index contributed by atoms with van der Waals surface area (Å²) < 4.78 is 9.92. The smallest absolute Gasteiger partial charge is 0.335 e. The van der Waals surface area contributed by atoms with Gasteiger partial charge in [0.25, 0.3) is 0 Å². The predicted molar refractivity (Wildman–Crippen MR) is 208 cm³/mol. The second-order valence-corrected chi connectivity index (χ2v) is 14.6. The van der Waals surface area contributed by atoms with Crippen molar-refractivity contribution in [1.29, 1.82) is 0 Å². The summed E-state index contributed by atoms with van der Waals surface area (Å²) >= 11 is 0. The third-order valence-electron chi connectivity index (χ3n) is 10.6. The van der Waals surface area contributed by atoms with Gasteiger partial charge in [-0.25, -0.2) is 14.2 Å². The highest BCUT2D eigenvalue weighted by molar-refractivity contribution is 5.89. The molecule has 7 heteroatoms. The number of benzene rings is 3. The molecular weight excluding hydrogens is 633 g/mol. The van der Waals surface area contributed by atoms with Gasteiger partial charge in [0.1, 0.15) is 11.5 Å². The third kappa shape index (κ3) is 9.07. The standard InChI is InChI=1S/C44H54N4O3/c1-8-12-26-44(7,11-4)35-30-33(29-34(31-35)42(49)50)40-23-27-47(45-40)36-15-19-38(20-16-36)51-39-21-17-37(18-22-39)48-28-24-41(46-48)43(5,6)25-13-14-32(9-2)10-3/h8,12,15-24,27-32H,9-11,13-14,25-26H2,1-7H3,(H,49,50)/b12-8-. The van der Waals surface area contributed by atoms with E-state index in [2.05, 4.69) is 59.8 Å². The van der Waals surface area contributed by atoms with Crippen molar-refractivity contribution in [3.05, 3.63) is 120 Å². The van der Waals surface area contributed by atoms with Crippen LogP contribution in [0.25, 0.3) is 22.6 Å². The van der Waals surface area contributed by atoms with Crippen LogP contribution in [0.3, 0.4) is 0 Å². The molecule has 2 heterocycles. The van der Waals surface area contributed by atoms with E-state index in [1.165, 1.54) is 25.7 Å². The first-order chi connectivity index (χ1) is 24.5. The van der Waals surface area contributed by atoms with Crippen LogP contribution < -0.4 is 4.74 Å². The van der Waals surface area contributed by atoms with Crippen molar-refractivity contribution in [1.82, 2.24) is 19.6 Å². The molecule has 1 unspecified atom stereocenters. The minimum absolute atomic E-state index is 0.0296. The summed E-state index contributed by atoms with van der Waals surface area (Å²) in [5, 5.41) is 19.7. The molecule has 3 aromatic carbocycles. The van der Waals surface area contributed by atoms with E-state index in [0.29, 0.717) is 11.4 Å². The van der Waals surface area contributed by atoms with Crippen LogP contribution in [0.5, 0.6) is 11.5 Å². The van der Waals surface area contributed by atoms with E-state index in [0.717, 1.165) is 59.1 Å². The van der Waals surface area contributed by atoms with Crippen LogP contribution in [0.1, 0.15) is 115 Å². The average Bonchev–Trinajstić information content (AvgIpc) is 3.85. The Morgan fingerprint density at radius 2 is 1.45 bits per heavy atom. The van der Waals surface area contributed by atoms with Gasteiger partial charge in [-0.15, -0.1) is 0 Å². The van der Waals surface area contributed by atoms with Gasteiger partial charge in [0.05, 0.1) is 28.3 Å². The van der Waals surface area contributed by atoms with Gasteiger partial charge in [-0.1, -0.05) is 79.4 Å². The van der Waals surface area contributed by atoms with Crippen molar-refractivity contribution in [3.63, 3.8) is 0 Å². The zero-order chi connectivity index (χ0) is 36.6. The molecule has 1 atom stereocenters. The van der Waals surface area contributed by atoms with Crippen LogP contribution in [0.15, 0.2) is 103 Å². The van der Waals surface area contributed by atoms with Crippen LogP contribution in [0, 0.1) is 5.92 Å². The van der Waals surface area contributed by atoms with Gasteiger partial charge in [-0.2, -0.15) is 10.2 Å². The van der Waals surface area contributed by atoms with Gasteiger partial charge in [0.2, 0.25) is 0 Å². The number of carbonyl (C=O) groups is 1. The summed E-state index contributed by atoms with van der Waals surface area (Å²) in [5.74, 6) is 1.34. The maximum absolute atomic E-state index is 12.1. The van der Waals surface area contributed by atoms with Crippen molar-refractivity contribution < 1.29 is 14.6 Å². The molecule has 0 aliphatic rings. The number of carboxylic acids is 1. The molecule has 2 aromatic heterocycles. The minimum atomic E-state index is -0.944. The third-order valence-corrected chi connectivity index (χ3v) is 10.6. The molecule has 0 saturated carbocycles. The molecule has 0 fully saturated rings. The Kier molecular flexibility index (Phi) is 12.0. The zero-order valence-electron chi connectivity index (χ0n) is 31.4. The van der Waals surface area contributed by atoms with Crippen molar-refractivity contribution in [2.24, 2.45) is 5.92 Å². The Balaban J connectivity index is 1.25. The Labute approximate surface area is 304 Å². The molecule has 0 amide bonds. The zero-order valence-corrected chi connectivity index (χ0v) is 31.4. The molecule has 5 rings (SSSR count). The van der Waals surface area contributed by atoms with E-state index < -0.39 is 5.97 Å². The lowest BCUT2D eigenvalue weighted by Gasteiger charge is -2.28. The lowest BCUT2D eigenvalue weighted by Crippen LogP contribution is -2.20. The van der Waals surface area contributed by atoms with E-state index in [1.54, 1.807) is 16.8 Å². The number of aromatic carboxylic acids is 1. The number of hydrogen-bond donors (Lipinski definition) is 1. The second-order valence-electron chi connectivity index (χ2n) is 14.6. The van der Waals surface area contributed by atoms with Crippen LogP contribution >= 0.6 is 0 Å². The van der Waals surface area contributed by atoms with Gasteiger partial charge in [-0.3, -0.25) is 0 Å². The molecule has 0 radical (unpaired) electrons. The van der Waals surface area contributed by atoms with E-state index in [1.807, 2.05) is 84.7 Å². The molecular formula is C44H54N4O3. The molecule has 0 aliphatic carbocycles. The highest BCUT2D eigenvalue weighted by atomic mass is 16.5. The van der Waals surface area contributed by atoms with Crippen molar-refractivity contribution >= 4 is 5.97 Å². The summed E-state index contributed by atoms with van der Waals surface area (Å²) in [6.45, 7) is 15.5. The molecule has 0 saturated heterocycles. The fourth-order valence-electron chi connectivity index (χ4n) is 6.67. The monoisotopic (exact) mass is 686 g/mol. The summed E-state index contributed by atoms with van der Waals surface area (Å²) in [6, 6.07) is 25.4. The maximum Gasteiger partial charge on any atom is 0.335 e. The lowest BCUT2D eigenvalue weighted by molar-refractivity contribution is 0.0696.